The van der Waals surface area contributed by atoms with E-state index in [2.05, 4.69) is 26.6 Å². The second-order valence-corrected chi connectivity index (χ2v) is 5.30. The van der Waals surface area contributed by atoms with Crippen molar-refractivity contribution < 1.29 is 24.6 Å². The summed E-state index contributed by atoms with van der Waals surface area (Å²) in [6.07, 6.45) is -0.525. The highest BCUT2D eigenvalue weighted by Gasteiger charge is 2.21. The number of carbonyl (C=O) groups is 3. The van der Waals surface area contributed by atoms with Crippen molar-refractivity contribution in [2.24, 2.45) is 0 Å². The van der Waals surface area contributed by atoms with Gasteiger partial charge in [-0.1, -0.05) is 22.0 Å². The van der Waals surface area contributed by atoms with Crippen molar-refractivity contribution in [3.05, 3.63) is 28.2 Å². The van der Waals surface area contributed by atoms with Gasteiger partial charge in [0.15, 0.2) is 0 Å². The molecule has 2 amide bonds. The minimum atomic E-state index is -1.28. The number of aliphatic carboxylic acids is 2. The van der Waals surface area contributed by atoms with E-state index >= 15 is 0 Å². The number of halogens is 1. The molecule has 1 aromatic carbocycles. The van der Waals surface area contributed by atoms with E-state index in [0.29, 0.717) is 5.69 Å². The first-order valence-corrected chi connectivity index (χ1v) is 6.87. The molecule has 1 aromatic rings. The Balaban J connectivity index is 2.67. The zero-order valence-electron chi connectivity index (χ0n) is 11.2. The smallest absolute Gasteiger partial charge is 0.326 e. The molecular formula is C13H15BrN2O5. The highest BCUT2D eigenvalue weighted by molar-refractivity contribution is 9.10. The van der Waals surface area contributed by atoms with Crippen molar-refractivity contribution in [1.29, 1.82) is 0 Å². The van der Waals surface area contributed by atoms with Gasteiger partial charge in [-0.15, -0.1) is 0 Å². The third-order valence-corrected chi connectivity index (χ3v) is 3.19. The fraction of sp³-hybridized carbons (Fsp3) is 0.308. The monoisotopic (exact) mass is 358 g/mol. The van der Waals surface area contributed by atoms with Crippen LogP contribution in [0.4, 0.5) is 10.5 Å². The molecule has 0 bridgehead atoms. The number of benzene rings is 1. The molecule has 0 radical (unpaired) electrons. The van der Waals surface area contributed by atoms with Crippen LogP contribution in [0.2, 0.25) is 0 Å². The van der Waals surface area contributed by atoms with Crippen LogP contribution in [-0.2, 0) is 9.59 Å². The average Bonchev–Trinajstić information content (AvgIpc) is 2.38. The molecule has 4 N–H and O–H groups in total. The maximum Gasteiger partial charge on any atom is 0.326 e. The Bertz CT molecular complexity index is 561. The number of amides is 2. The van der Waals surface area contributed by atoms with Crippen molar-refractivity contribution in [3.8, 4) is 0 Å². The fourth-order valence-electron chi connectivity index (χ4n) is 1.57. The molecule has 0 aliphatic rings. The summed E-state index contributed by atoms with van der Waals surface area (Å²) in [5, 5.41) is 22.3. The van der Waals surface area contributed by atoms with E-state index in [1.807, 2.05) is 6.07 Å². The second kappa shape index (κ2) is 7.63. The Labute approximate surface area is 129 Å². The predicted octanol–water partition coefficient (Wildman–Crippen LogP) is 2.20. The van der Waals surface area contributed by atoms with Crippen LogP contribution >= 0.6 is 15.9 Å². The number of nitrogens with one attached hydrogen (secondary N) is 2. The molecular weight excluding hydrogens is 344 g/mol. The van der Waals surface area contributed by atoms with Gasteiger partial charge in [-0.25, -0.2) is 9.59 Å². The van der Waals surface area contributed by atoms with Crippen LogP contribution in [0.1, 0.15) is 18.4 Å². The number of hydrogen-bond donors (Lipinski definition) is 4. The quantitative estimate of drug-likeness (QED) is 0.622. The molecule has 0 saturated heterocycles. The van der Waals surface area contributed by atoms with Crippen LogP contribution in [0.15, 0.2) is 22.7 Å². The van der Waals surface area contributed by atoms with Crippen LogP contribution < -0.4 is 10.6 Å². The molecule has 0 saturated carbocycles. The van der Waals surface area contributed by atoms with Gasteiger partial charge >= 0.3 is 18.0 Å². The molecule has 8 heteroatoms. The molecule has 0 aromatic heterocycles. The minimum Gasteiger partial charge on any atom is -0.481 e. The molecule has 1 rings (SSSR count). The van der Waals surface area contributed by atoms with Gasteiger partial charge in [-0.05, 0) is 31.0 Å². The maximum absolute atomic E-state index is 11.8. The molecule has 114 valence electrons. The molecule has 0 aliphatic heterocycles. The first-order chi connectivity index (χ1) is 9.79. The summed E-state index contributed by atoms with van der Waals surface area (Å²) in [5.74, 6) is -2.40. The van der Waals surface area contributed by atoms with E-state index in [1.165, 1.54) is 0 Å². The standard InChI is InChI=1S/C13H15BrN2O5/c1-7-2-3-8(14)6-10(7)16-13(21)15-9(12(19)20)4-5-11(17)18/h2-3,6,9H,4-5H2,1H3,(H,17,18)(H,19,20)(H2,15,16,21)/t9-/m0/s1. The number of anilines is 1. The SMILES string of the molecule is Cc1ccc(Br)cc1NC(=O)N[C@@H](CCC(=O)O)C(=O)O. The molecule has 0 aliphatic carbocycles. The van der Waals surface area contributed by atoms with E-state index in [9.17, 15) is 14.4 Å². The van der Waals surface area contributed by atoms with Crippen molar-refractivity contribution >= 4 is 39.6 Å². The molecule has 7 nitrogen and oxygen atoms in total. The zero-order chi connectivity index (χ0) is 16.0. The Morgan fingerprint density at radius 3 is 2.52 bits per heavy atom. The number of hydrogen-bond acceptors (Lipinski definition) is 3. The number of rotatable bonds is 6. The summed E-state index contributed by atoms with van der Waals surface area (Å²) < 4.78 is 0.768. The molecule has 0 spiro atoms. The van der Waals surface area contributed by atoms with Crippen LogP contribution in [0.3, 0.4) is 0 Å². The van der Waals surface area contributed by atoms with Gasteiger partial charge in [-0.3, -0.25) is 4.79 Å². The van der Waals surface area contributed by atoms with E-state index in [0.717, 1.165) is 10.0 Å². The van der Waals surface area contributed by atoms with Crippen LogP contribution in [0.25, 0.3) is 0 Å². The van der Waals surface area contributed by atoms with Gasteiger partial charge in [0.1, 0.15) is 6.04 Å². The Kier molecular flexibility index (Phi) is 6.16. The summed E-state index contributed by atoms with van der Waals surface area (Å²) in [4.78, 5) is 33.2. The lowest BCUT2D eigenvalue weighted by Gasteiger charge is -2.15. The lowest BCUT2D eigenvalue weighted by Crippen LogP contribution is -2.43. The first kappa shape index (κ1) is 17.0. The zero-order valence-corrected chi connectivity index (χ0v) is 12.8. The van der Waals surface area contributed by atoms with Crippen LogP contribution in [-0.4, -0.2) is 34.2 Å². The molecule has 0 heterocycles. The Hall–Kier alpha value is -2.09. The minimum absolute atomic E-state index is 0.185. The summed E-state index contributed by atoms with van der Waals surface area (Å²) in [6, 6.07) is 3.33. The highest BCUT2D eigenvalue weighted by atomic mass is 79.9. The second-order valence-electron chi connectivity index (χ2n) is 4.38. The van der Waals surface area contributed by atoms with E-state index < -0.39 is 24.0 Å². The van der Waals surface area contributed by atoms with Gasteiger partial charge in [-0.2, -0.15) is 0 Å². The fourth-order valence-corrected chi connectivity index (χ4v) is 1.93. The van der Waals surface area contributed by atoms with Crippen molar-refractivity contribution in [2.45, 2.75) is 25.8 Å². The van der Waals surface area contributed by atoms with E-state index in [-0.39, 0.29) is 12.8 Å². The molecule has 0 fully saturated rings. The van der Waals surface area contributed by atoms with Crippen molar-refractivity contribution in [2.75, 3.05) is 5.32 Å². The molecule has 1 atom stereocenters. The number of aryl methyl sites for hydroxylation is 1. The van der Waals surface area contributed by atoms with Gasteiger partial charge in [0.05, 0.1) is 0 Å². The van der Waals surface area contributed by atoms with Gasteiger partial charge in [0.2, 0.25) is 0 Å². The average molecular weight is 359 g/mol. The first-order valence-electron chi connectivity index (χ1n) is 6.08. The van der Waals surface area contributed by atoms with E-state index in [1.54, 1.807) is 19.1 Å². The Morgan fingerprint density at radius 2 is 1.95 bits per heavy atom. The molecule has 0 unspecified atom stereocenters. The number of carbonyl (C=O) groups excluding carboxylic acids is 1. The summed E-state index contributed by atoms with van der Waals surface area (Å²) in [7, 11) is 0. The maximum atomic E-state index is 11.8. The van der Waals surface area contributed by atoms with Gasteiger partial charge in [0.25, 0.3) is 0 Å². The third-order valence-electron chi connectivity index (χ3n) is 2.70. The van der Waals surface area contributed by atoms with Crippen LogP contribution in [0, 0.1) is 6.92 Å². The number of urea groups is 1. The molecule has 21 heavy (non-hydrogen) atoms. The van der Waals surface area contributed by atoms with Crippen molar-refractivity contribution in [1.82, 2.24) is 5.32 Å². The lowest BCUT2D eigenvalue weighted by atomic mass is 10.1. The topological polar surface area (TPSA) is 116 Å². The lowest BCUT2D eigenvalue weighted by molar-refractivity contribution is -0.140. The summed E-state index contributed by atoms with van der Waals surface area (Å²) in [5.41, 5.74) is 1.34. The largest absolute Gasteiger partial charge is 0.481 e. The highest BCUT2D eigenvalue weighted by Crippen LogP contribution is 2.20. The predicted molar refractivity (Wildman–Crippen MR) is 79.3 cm³/mol. The summed E-state index contributed by atoms with van der Waals surface area (Å²) in [6.45, 7) is 1.79. The number of carboxylic acid groups (broad SMARTS) is 2. The van der Waals surface area contributed by atoms with Gasteiger partial charge in [0, 0.05) is 16.6 Å². The van der Waals surface area contributed by atoms with Crippen LogP contribution in [0.5, 0.6) is 0 Å². The Morgan fingerprint density at radius 1 is 1.29 bits per heavy atom. The normalized spacial score (nSPS) is 11.5. The third kappa shape index (κ3) is 5.82. The van der Waals surface area contributed by atoms with Crippen molar-refractivity contribution in [3.63, 3.8) is 0 Å². The van der Waals surface area contributed by atoms with Gasteiger partial charge < -0.3 is 20.8 Å². The van der Waals surface area contributed by atoms with E-state index in [4.69, 9.17) is 10.2 Å². The summed E-state index contributed by atoms with van der Waals surface area (Å²) >= 11 is 3.27. The number of carboxylic acids is 2.